The van der Waals surface area contributed by atoms with E-state index in [4.69, 9.17) is 0 Å². The summed E-state index contributed by atoms with van der Waals surface area (Å²) in [7, 11) is 0. The van der Waals surface area contributed by atoms with Crippen molar-refractivity contribution in [3.05, 3.63) is 12.2 Å². The van der Waals surface area contributed by atoms with E-state index in [1.807, 2.05) is 0 Å². The Morgan fingerprint density at radius 2 is 2.12 bits per heavy atom. The minimum absolute atomic E-state index is 0.0618. The number of anilines is 1. The molecule has 3 rings (SSSR count). The number of amides is 1. The van der Waals surface area contributed by atoms with Gasteiger partial charge in [-0.15, -0.1) is 0 Å². The van der Waals surface area contributed by atoms with Crippen LogP contribution in [-0.4, -0.2) is 49.5 Å². The highest BCUT2D eigenvalue weighted by Crippen LogP contribution is 2.32. The number of likely N-dealkylation sites (tertiary alicyclic amines) is 1. The number of carbonyl (C=O) groups excluding carboxylic acids is 1. The first-order chi connectivity index (χ1) is 11.8. The first-order valence-corrected chi connectivity index (χ1v) is 8.17. The van der Waals surface area contributed by atoms with Gasteiger partial charge in [0.25, 0.3) is 0 Å². The maximum absolute atomic E-state index is 13.2. The zero-order valence-electron chi connectivity index (χ0n) is 14.0. The van der Waals surface area contributed by atoms with Gasteiger partial charge in [-0.3, -0.25) is 4.79 Å². The first-order valence-electron chi connectivity index (χ1n) is 8.17. The van der Waals surface area contributed by atoms with Gasteiger partial charge in [0.2, 0.25) is 11.7 Å². The molecule has 3 heterocycles. The molecule has 1 saturated heterocycles. The van der Waals surface area contributed by atoms with Crippen LogP contribution in [-0.2, 0) is 17.5 Å². The second kappa shape index (κ2) is 6.49. The molecule has 1 atom stereocenters. The molecule has 0 unspecified atom stereocenters. The van der Waals surface area contributed by atoms with Crippen LogP contribution in [0.15, 0.2) is 6.33 Å². The monoisotopic (exact) mass is 356 g/mol. The molecule has 0 bridgehead atoms. The summed E-state index contributed by atoms with van der Waals surface area (Å²) in [5.41, 5.74) is 0.240. The number of alkyl halides is 3. The number of rotatable bonds is 4. The Kier molecular flexibility index (Phi) is 4.53. The van der Waals surface area contributed by atoms with E-state index in [1.54, 1.807) is 18.7 Å². The van der Waals surface area contributed by atoms with Crippen molar-refractivity contribution in [2.24, 2.45) is 0 Å². The fourth-order valence-electron chi connectivity index (χ4n) is 3.08. The van der Waals surface area contributed by atoms with Crippen LogP contribution < -0.4 is 5.32 Å². The predicted octanol–water partition coefficient (Wildman–Crippen LogP) is 2.29. The molecule has 1 aliphatic heterocycles. The van der Waals surface area contributed by atoms with E-state index in [1.165, 1.54) is 6.33 Å². The SMILES string of the molecule is CCC(=O)N1CC[C@H](Nc2ncnc3c2nc(C(F)(F)F)n3CC)C1. The summed E-state index contributed by atoms with van der Waals surface area (Å²) < 4.78 is 40.6. The molecule has 10 heteroatoms. The van der Waals surface area contributed by atoms with Crippen molar-refractivity contribution in [2.45, 2.75) is 45.5 Å². The second-order valence-corrected chi connectivity index (χ2v) is 5.90. The summed E-state index contributed by atoms with van der Waals surface area (Å²) in [5, 5.41) is 3.12. The van der Waals surface area contributed by atoms with Gasteiger partial charge >= 0.3 is 6.18 Å². The van der Waals surface area contributed by atoms with Crippen molar-refractivity contribution in [3.8, 4) is 0 Å². The number of hydrogen-bond donors (Lipinski definition) is 1. The van der Waals surface area contributed by atoms with Crippen molar-refractivity contribution in [1.29, 1.82) is 0 Å². The van der Waals surface area contributed by atoms with Crippen LogP contribution in [0, 0.1) is 0 Å². The lowest BCUT2D eigenvalue weighted by Gasteiger charge is -2.16. The van der Waals surface area contributed by atoms with Crippen LogP contribution in [0.2, 0.25) is 0 Å². The summed E-state index contributed by atoms with van der Waals surface area (Å²) >= 11 is 0. The Labute approximate surface area is 142 Å². The fourth-order valence-corrected chi connectivity index (χ4v) is 3.08. The van der Waals surface area contributed by atoms with Gasteiger partial charge in [0.15, 0.2) is 17.0 Å². The third kappa shape index (κ3) is 3.24. The zero-order chi connectivity index (χ0) is 18.2. The molecule has 1 fully saturated rings. The number of nitrogens with zero attached hydrogens (tertiary/aromatic N) is 5. The van der Waals surface area contributed by atoms with Crippen molar-refractivity contribution in [2.75, 3.05) is 18.4 Å². The summed E-state index contributed by atoms with van der Waals surface area (Å²) in [6, 6.07) is -0.0743. The van der Waals surface area contributed by atoms with E-state index >= 15 is 0 Å². The van der Waals surface area contributed by atoms with Gasteiger partial charge in [-0.05, 0) is 13.3 Å². The Morgan fingerprint density at radius 3 is 2.76 bits per heavy atom. The van der Waals surface area contributed by atoms with Crippen LogP contribution in [0.3, 0.4) is 0 Å². The minimum Gasteiger partial charge on any atom is -0.364 e. The average molecular weight is 356 g/mol. The molecule has 2 aromatic heterocycles. The van der Waals surface area contributed by atoms with Gasteiger partial charge < -0.3 is 14.8 Å². The highest BCUT2D eigenvalue weighted by molar-refractivity contribution is 5.83. The van der Waals surface area contributed by atoms with Gasteiger partial charge in [-0.2, -0.15) is 13.2 Å². The van der Waals surface area contributed by atoms with E-state index < -0.39 is 12.0 Å². The quantitative estimate of drug-likeness (QED) is 0.910. The highest BCUT2D eigenvalue weighted by Gasteiger charge is 2.38. The average Bonchev–Trinajstić information content (AvgIpc) is 3.18. The maximum atomic E-state index is 13.2. The Morgan fingerprint density at radius 1 is 1.36 bits per heavy atom. The fraction of sp³-hybridized carbons (Fsp3) is 0.600. The second-order valence-electron chi connectivity index (χ2n) is 5.90. The van der Waals surface area contributed by atoms with Gasteiger partial charge in [0.05, 0.1) is 0 Å². The number of fused-ring (bicyclic) bond motifs is 1. The zero-order valence-corrected chi connectivity index (χ0v) is 14.0. The molecule has 25 heavy (non-hydrogen) atoms. The number of imidazole rings is 1. The van der Waals surface area contributed by atoms with Crippen molar-refractivity contribution >= 4 is 22.9 Å². The van der Waals surface area contributed by atoms with Gasteiger partial charge in [-0.1, -0.05) is 6.92 Å². The largest absolute Gasteiger partial charge is 0.449 e. The number of hydrogen-bond acceptors (Lipinski definition) is 5. The van der Waals surface area contributed by atoms with Gasteiger partial charge in [0, 0.05) is 32.1 Å². The lowest BCUT2D eigenvalue weighted by Crippen LogP contribution is -2.31. The molecule has 0 aromatic carbocycles. The van der Waals surface area contributed by atoms with Crippen LogP contribution >= 0.6 is 0 Å². The van der Waals surface area contributed by atoms with Crippen molar-refractivity contribution in [1.82, 2.24) is 24.4 Å². The summed E-state index contributed by atoms with van der Waals surface area (Å²) in [4.78, 5) is 25.3. The normalized spacial score (nSPS) is 18.1. The Hall–Kier alpha value is -2.39. The lowest BCUT2D eigenvalue weighted by atomic mass is 10.2. The number of halogens is 3. The Bertz CT molecular complexity index is 787. The third-order valence-electron chi connectivity index (χ3n) is 4.29. The summed E-state index contributed by atoms with van der Waals surface area (Å²) in [6.07, 6.45) is -2.20. The molecule has 1 aliphatic rings. The molecule has 1 N–H and O–H groups in total. The van der Waals surface area contributed by atoms with E-state index in [2.05, 4.69) is 20.3 Å². The van der Waals surface area contributed by atoms with E-state index in [9.17, 15) is 18.0 Å². The number of aryl methyl sites for hydroxylation is 1. The number of carbonyl (C=O) groups is 1. The smallest absolute Gasteiger partial charge is 0.364 e. The van der Waals surface area contributed by atoms with Crippen molar-refractivity contribution in [3.63, 3.8) is 0 Å². The van der Waals surface area contributed by atoms with Crippen LogP contribution in [0.4, 0.5) is 19.0 Å². The standard InChI is InChI=1S/C15H19F3N6O/c1-3-10(25)23-6-5-9(7-23)21-12-11-13(20-8-19-12)24(4-2)14(22-11)15(16,17)18/h8-9H,3-7H2,1-2H3,(H,19,20,21)/t9-/m0/s1. The maximum Gasteiger partial charge on any atom is 0.449 e. The highest BCUT2D eigenvalue weighted by atomic mass is 19.4. The van der Waals surface area contributed by atoms with Crippen molar-refractivity contribution < 1.29 is 18.0 Å². The summed E-state index contributed by atoms with van der Waals surface area (Å²) in [6.45, 7) is 4.63. The van der Waals surface area contributed by atoms with Crippen LogP contribution in [0.5, 0.6) is 0 Å². The molecular formula is C15H19F3N6O. The lowest BCUT2D eigenvalue weighted by molar-refractivity contribution is -0.146. The van der Waals surface area contributed by atoms with Gasteiger partial charge in [-0.25, -0.2) is 15.0 Å². The molecule has 0 aliphatic carbocycles. The summed E-state index contributed by atoms with van der Waals surface area (Å²) in [5.74, 6) is -0.659. The Balaban J connectivity index is 1.90. The third-order valence-corrected chi connectivity index (χ3v) is 4.29. The molecule has 136 valence electrons. The molecule has 0 radical (unpaired) electrons. The van der Waals surface area contributed by atoms with Crippen LogP contribution in [0.1, 0.15) is 32.5 Å². The molecule has 1 amide bonds. The molecule has 7 nitrogen and oxygen atoms in total. The topological polar surface area (TPSA) is 75.9 Å². The molecule has 0 spiro atoms. The minimum atomic E-state index is -4.56. The van der Waals surface area contributed by atoms with Gasteiger partial charge in [0.1, 0.15) is 6.33 Å². The van der Waals surface area contributed by atoms with E-state index in [-0.39, 0.29) is 35.5 Å². The molecule has 0 saturated carbocycles. The number of nitrogens with one attached hydrogen (secondary N) is 1. The predicted molar refractivity (Wildman–Crippen MR) is 84.9 cm³/mol. The molecular weight excluding hydrogens is 337 g/mol. The first kappa shape index (κ1) is 17.4. The number of aromatic nitrogens is 4. The van der Waals surface area contributed by atoms with E-state index in [0.717, 1.165) is 4.57 Å². The van der Waals surface area contributed by atoms with Crippen LogP contribution in [0.25, 0.3) is 11.2 Å². The van der Waals surface area contributed by atoms with E-state index in [0.29, 0.717) is 25.9 Å². The molecule has 2 aromatic rings.